The van der Waals surface area contributed by atoms with Gasteiger partial charge in [-0.1, -0.05) is 12.1 Å². The highest BCUT2D eigenvalue weighted by atomic mass is 16.5. The number of H-pyrrole nitrogens is 1. The van der Waals surface area contributed by atoms with Crippen molar-refractivity contribution in [2.75, 3.05) is 19.8 Å². The Balaban J connectivity index is 1.57. The van der Waals surface area contributed by atoms with Gasteiger partial charge in [0.2, 0.25) is 0 Å². The van der Waals surface area contributed by atoms with Gasteiger partial charge in [0.15, 0.2) is 5.82 Å². The van der Waals surface area contributed by atoms with Gasteiger partial charge in [-0.3, -0.25) is 9.69 Å². The molecule has 1 aromatic carbocycles. The third-order valence-corrected chi connectivity index (χ3v) is 5.92. The van der Waals surface area contributed by atoms with E-state index >= 15 is 0 Å². The van der Waals surface area contributed by atoms with E-state index in [0.717, 1.165) is 47.3 Å². The van der Waals surface area contributed by atoms with Gasteiger partial charge in [0, 0.05) is 37.3 Å². The summed E-state index contributed by atoms with van der Waals surface area (Å²) in [6.45, 7) is 7.12. The molecule has 0 unspecified atom stereocenters. The average molecular weight is 427 g/mol. The number of aromatic nitrogens is 5. The largest absolute Gasteiger partial charge is 0.396 e. The Kier molecular flexibility index (Phi) is 6.74. The molecular formula is C22H30N6O3. The van der Waals surface area contributed by atoms with Gasteiger partial charge >= 0.3 is 0 Å². The van der Waals surface area contributed by atoms with Crippen LogP contribution in [-0.2, 0) is 24.4 Å². The maximum Gasteiger partial charge on any atom is 0.252 e. The highest BCUT2D eigenvalue weighted by Gasteiger charge is 2.20. The lowest BCUT2D eigenvalue weighted by molar-refractivity contribution is 0.0915. The SMILES string of the molecule is Cc1ccc(C)c2[nH]c(=O)c(CN(CCCO)Cc3nnnn3C[C@H]3CCCO3)cc12. The summed E-state index contributed by atoms with van der Waals surface area (Å²) in [7, 11) is 0. The molecule has 0 saturated carbocycles. The van der Waals surface area contributed by atoms with Gasteiger partial charge < -0.3 is 14.8 Å². The molecule has 0 aliphatic carbocycles. The molecule has 0 amide bonds. The Morgan fingerprint density at radius 3 is 2.90 bits per heavy atom. The fraction of sp³-hybridized carbons (Fsp3) is 0.545. The molecule has 1 atom stereocenters. The van der Waals surface area contributed by atoms with Crippen LogP contribution < -0.4 is 5.56 Å². The van der Waals surface area contributed by atoms with Crippen LogP contribution >= 0.6 is 0 Å². The van der Waals surface area contributed by atoms with Crippen molar-refractivity contribution in [2.45, 2.75) is 58.8 Å². The summed E-state index contributed by atoms with van der Waals surface area (Å²) in [5.41, 5.74) is 3.66. The number of hydrogen-bond donors (Lipinski definition) is 2. The third-order valence-electron chi connectivity index (χ3n) is 5.92. The van der Waals surface area contributed by atoms with E-state index in [0.29, 0.717) is 38.2 Å². The summed E-state index contributed by atoms with van der Waals surface area (Å²) < 4.78 is 7.51. The second kappa shape index (κ2) is 9.67. The first-order chi connectivity index (χ1) is 15.0. The van der Waals surface area contributed by atoms with Crippen LogP contribution in [0.1, 0.15) is 41.8 Å². The number of aromatic amines is 1. The van der Waals surface area contributed by atoms with E-state index < -0.39 is 0 Å². The minimum absolute atomic E-state index is 0.0870. The van der Waals surface area contributed by atoms with E-state index in [1.807, 2.05) is 26.0 Å². The van der Waals surface area contributed by atoms with Crippen molar-refractivity contribution in [1.29, 1.82) is 0 Å². The molecule has 1 saturated heterocycles. The number of tetrazole rings is 1. The molecular weight excluding hydrogens is 396 g/mol. The van der Waals surface area contributed by atoms with Gasteiger partial charge in [-0.25, -0.2) is 4.68 Å². The molecule has 0 radical (unpaired) electrons. The molecule has 4 rings (SSSR count). The molecule has 2 N–H and O–H groups in total. The van der Waals surface area contributed by atoms with E-state index in [-0.39, 0.29) is 18.3 Å². The maximum absolute atomic E-state index is 12.8. The minimum Gasteiger partial charge on any atom is -0.396 e. The topological polar surface area (TPSA) is 109 Å². The predicted molar refractivity (Wildman–Crippen MR) is 117 cm³/mol. The van der Waals surface area contributed by atoms with Gasteiger partial charge in [-0.05, 0) is 60.7 Å². The van der Waals surface area contributed by atoms with Crippen LogP contribution in [0.4, 0.5) is 0 Å². The molecule has 0 spiro atoms. The fourth-order valence-electron chi connectivity index (χ4n) is 4.14. The number of aliphatic hydroxyl groups excluding tert-OH is 1. The van der Waals surface area contributed by atoms with Crippen molar-refractivity contribution in [2.24, 2.45) is 0 Å². The van der Waals surface area contributed by atoms with Crippen LogP contribution in [0.25, 0.3) is 10.9 Å². The normalized spacial score (nSPS) is 16.6. The van der Waals surface area contributed by atoms with Crippen molar-refractivity contribution in [3.8, 4) is 0 Å². The Bertz CT molecular complexity index is 1090. The molecule has 1 aliphatic rings. The number of ether oxygens (including phenoxy) is 1. The molecule has 9 nitrogen and oxygen atoms in total. The average Bonchev–Trinajstić information content (AvgIpc) is 3.43. The summed E-state index contributed by atoms with van der Waals surface area (Å²) in [6, 6.07) is 6.08. The molecule has 2 aromatic heterocycles. The molecule has 1 fully saturated rings. The van der Waals surface area contributed by atoms with Gasteiger partial charge in [-0.2, -0.15) is 0 Å². The summed E-state index contributed by atoms with van der Waals surface area (Å²) in [5, 5.41) is 22.6. The standard InChI is InChI=1S/C22H30N6O3/c1-15-6-7-16(2)21-19(15)11-17(22(30)23-21)12-27(8-4-9-29)14-20-24-25-26-28(20)13-18-5-3-10-31-18/h6-7,11,18,29H,3-5,8-10,12-14H2,1-2H3,(H,23,30)/t18-/m1/s1. The first-order valence-electron chi connectivity index (χ1n) is 10.9. The van der Waals surface area contributed by atoms with Crippen molar-refractivity contribution < 1.29 is 9.84 Å². The monoisotopic (exact) mass is 426 g/mol. The molecule has 0 bridgehead atoms. The van der Waals surface area contributed by atoms with Crippen molar-refractivity contribution in [1.82, 2.24) is 30.1 Å². The van der Waals surface area contributed by atoms with Crippen LogP contribution in [0.2, 0.25) is 0 Å². The zero-order valence-electron chi connectivity index (χ0n) is 18.2. The molecule has 3 heterocycles. The van der Waals surface area contributed by atoms with Crippen LogP contribution in [0.3, 0.4) is 0 Å². The van der Waals surface area contributed by atoms with E-state index in [1.165, 1.54) is 0 Å². The number of nitrogens with zero attached hydrogens (tertiary/aromatic N) is 5. The second-order valence-electron chi connectivity index (χ2n) is 8.31. The Morgan fingerprint density at radius 1 is 1.29 bits per heavy atom. The predicted octanol–water partition coefficient (Wildman–Crippen LogP) is 1.70. The Labute approximate surface area is 181 Å². The first-order valence-corrected chi connectivity index (χ1v) is 10.9. The summed E-state index contributed by atoms with van der Waals surface area (Å²) in [6.07, 6.45) is 2.83. The summed E-state index contributed by atoms with van der Waals surface area (Å²) >= 11 is 0. The lowest BCUT2D eigenvalue weighted by Gasteiger charge is -2.22. The molecule has 3 aromatic rings. The first kappa shape index (κ1) is 21.6. The van der Waals surface area contributed by atoms with Gasteiger partial charge in [0.05, 0.1) is 24.7 Å². The molecule has 166 valence electrons. The van der Waals surface area contributed by atoms with Gasteiger partial charge in [0.25, 0.3) is 5.56 Å². The molecule has 9 heteroatoms. The van der Waals surface area contributed by atoms with Gasteiger partial charge in [-0.15, -0.1) is 5.10 Å². The lowest BCUT2D eigenvalue weighted by atomic mass is 10.0. The van der Waals surface area contributed by atoms with E-state index in [1.54, 1.807) is 4.68 Å². The highest BCUT2D eigenvalue weighted by molar-refractivity contribution is 5.85. The number of aryl methyl sites for hydroxylation is 2. The van der Waals surface area contributed by atoms with Crippen LogP contribution in [0.5, 0.6) is 0 Å². The molecule has 1 aliphatic heterocycles. The number of aliphatic hydroxyl groups is 1. The smallest absolute Gasteiger partial charge is 0.252 e. The zero-order chi connectivity index (χ0) is 21.8. The van der Waals surface area contributed by atoms with E-state index in [2.05, 4.69) is 31.5 Å². The quantitative estimate of drug-likeness (QED) is 0.536. The number of hydrogen-bond acceptors (Lipinski definition) is 7. The lowest BCUT2D eigenvalue weighted by Crippen LogP contribution is -2.30. The van der Waals surface area contributed by atoms with E-state index in [4.69, 9.17) is 4.74 Å². The number of nitrogens with one attached hydrogen (secondary N) is 1. The van der Waals surface area contributed by atoms with Crippen LogP contribution in [-0.4, -0.2) is 61.1 Å². The van der Waals surface area contributed by atoms with Gasteiger partial charge in [0.1, 0.15) is 0 Å². The second-order valence-corrected chi connectivity index (χ2v) is 8.31. The number of rotatable bonds is 9. The minimum atomic E-state index is -0.0888. The van der Waals surface area contributed by atoms with Crippen LogP contribution in [0, 0.1) is 13.8 Å². The third kappa shape index (κ3) is 5.00. The van der Waals surface area contributed by atoms with Crippen molar-refractivity contribution >= 4 is 10.9 Å². The number of fused-ring (bicyclic) bond motifs is 1. The fourth-order valence-corrected chi connectivity index (χ4v) is 4.14. The molecule has 31 heavy (non-hydrogen) atoms. The summed E-state index contributed by atoms with van der Waals surface area (Å²) in [4.78, 5) is 18.0. The Hall–Kier alpha value is -2.62. The van der Waals surface area contributed by atoms with Crippen molar-refractivity contribution in [3.63, 3.8) is 0 Å². The van der Waals surface area contributed by atoms with Crippen LogP contribution in [0.15, 0.2) is 23.0 Å². The summed E-state index contributed by atoms with van der Waals surface area (Å²) in [5.74, 6) is 0.734. The maximum atomic E-state index is 12.8. The zero-order valence-corrected chi connectivity index (χ0v) is 18.2. The van der Waals surface area contributed by atoms with E-state index in [9.17, 15) is 9.90 Å². The number of pyridine rings is 1. The Morgan fingerprint density at radius 2 is 2.13 bits per heavy atom. The van der Waals surface area contributed by atoms with Crippen molar-refractivity contribution in [3.05, 3.63) is 51.1 Å². The number of benzene rings is 1. The highest BCUT2D eigenvalue weighted by Crippen LogP contribution is 2.20.